The molecule has 0 unspecified atom stereocenters. The standard InChI is InChI=1S/C19H18N2O3S/c1-21-18(23)15-9-8-13(12-16(15)19(21)24)17(22)20-10-5-11-25-14-6-3-2-4-7-14/h2-4,6-9,12H,5,10-11H2,1H3,(H,20,22). The highest BCUT2D eigenvalue weighted by Crippen LogP contribution is 2.22. The molecule has 25 heavy (non-hydrogen) atoms. The molecule has 6 heteroatoms. The van der Waals surface area contributed by atoms with E-state index in [0.717, 1.165) is 17.1 Å². The Balaban J connectivity index is 1.51. The molecule has 1 N–H and O–H groups in total. The summed E-state index contributed by atoms with van der Waals surface area (Å²) in [7, 11) is 1.44. The lowest BCUT2D eigenvalue weighted by Gasteiger charge is -2.06. The molecule has 2 aromatic carbocycles. The number of carbonyl (C=O) groups excluding carboxylic acids is 3. The number of amides is 3. The summed E-state index contributed by atoms with van der Waals surface area (Å²) in [5.41, 5.74) is 1.04. The fourth-order valence-corrected chi connectivity index (χ4v) is 3.46. The van der Waals surface area contributed by atoms with Gasteiger partial charge in [-0.15, -0.1) is 11.8 Å². The normalized spacial score (nSPS) is 13.1. The molecule has 0 radical (unpaired) electrons. The number of nitrogens with zero attached hydrogens (tertiary/aromatic N) is 1. The molecule has 0 spiro atoms. The number of hydrogen-bond acceptors (Lipinski definition) is 4. The predicted molar refractivity (Wildman–Crippen MR) is 97.0 cm³/mol. The predicted octanol–water partition coefficient (Wildman–Crippen LogP) is 2.82. The van der Waals surface area contributed by atoms with E-state index in [2.05, 4.69) is 17.4 Å². The molecule has 0 aromatic heterocycles. The Hall–Kier alpha value is -2.60. The zero-order valence-electron chi connectivity index (χ0n) is 13.8. The number of hydrogen-bond donors (Lipinski definition) is 1. The van der Waals surface area contributed by atoms with E-state index in [1.807, 2.05) is 18.2 Å². The van der Waals surface area contributed by atoms with Gasteiger partial charge in [0.2, 0.25) is 0 Å². The lowest BCUT2D eigenvalue weighted by molar-refractivity contribution is 0.0693. The first kappa shape index (κ1) is 17.2. The minimum absolute atomic E-state index is 0.234. The Morgan fingerprint density at radius 3 is 2.52 bits per heavy atom. The van der Waals surface area contributed by atoms with Gasteiger partial charge in [-0.25, -0.2) is 0 Å². The van der Waals surface area contributed by atoms with Crippen molar-refractivity contribution < 1.29 is 14.4 Å². The second-order valence-electron chi connectivity index (χ2n) is 5.70. The number of carbonyl (C=O) groups is 3. The number of fused-ring (bicyclic) bond motifs is 1. The number of nitrogens with one attached hydrogen (secondary N) is 1. The van der Waals surface area contributed by atoms with Crippen LogP contribution in [0, 0.1) is 0 Å². The molecular weight excluding hydrogens is 336 g/mol. The van der Waals surface area contributed by atoms with E-state index < -0.39 is 0 Å². The van der Waals surface area contributed by atoms with Crippen molar-refractivity contribution in [2.24, 2.45) is 0 Å². The van der Waals surface area contributed by atoms with Crippen molar-refractivity contribution in [3.05, 3.63) is 65.2 Å². The number of rotatable bonds is 6. The maximum atomic E-state index is 12.2. The van der Waals surface area contributed by atoms with Crippen LogP contribution in [0.5, 0.6) is 0 Å². The van der Waals surface area contributed by atoms with Crippen LogP contribution in [0.4, 0.5) is 0 Å². The molecule has 3 rings (SSSR count). The summed E-state index contributed by atoms with van der Waals surface area (Å²) in [5.74, 6) is -0.0205. The van der Waals surface area contributed by atoms with E-state index in [9.17, 15) is 14.4 Å². The van der Waals surface area contributed by atoms with Crippen LogP contribution < -0.4 is 5.32 Å². The fourth-order valence-electron chi connectivity index (χ4n) is 2.59. The molecule has 0 atom stereocenters. The largest absolute Gasteiger partial charge is 0.352 e. The van der Waals surface area contributed by atoms with Gasteiger partial charge in [0, 0.05) is 24.1 Å². The summed E-state index contributed by atoms with van der Waals surface area (Å²) in [6.45, 7) is 0.558. The second kappa shape index (κ2) is 7.53. The third kappa shape index (κ3) is 3.74. The Morgan fingerprint density at radius 2 is 1.76 bits per heavy atom. The highest BCUT2D eigenvalue weighted by molar-refractivity contribution is 7.99. The second-order valence-corrected chi connectivity index (χ2v) is 6.87. The minimum Gasteiger partial charge on any atom is -0.352 e. The summed E-state index contributed by atoms with van der Waals surface area (Å²) in [5, 5.41) is 2.85. The van der Waals surface area contributed by atoms with Crippen LogP contribution in [0.15, 0.2) is 53.4 Å². The van der Waals surface area contributed by atoms with Gasteiger partial charge in [0.25, 0.3) is 17.7 Å². The Kier molecular flexibility index (Phi) is 5.19. The molecule has 0 aliphatic carbocycles. The first-order valence-electron chi connectivity index (χ1n) is 8.00. The van der Waals surface area contributed by atoms with Gasteiger partial charge in [-0.05, 0) is 42.5 Å². The number of thioether (sulfide) groups is 1. The van der Waals surface area contributed by atoms with Crippen LogP contribution in [-0.2, 0) is 0 Å². The first-order valence-corrected chi connectivity index (χ1v) is 8.99. The highest BCUT2D eigenvalue weighted by atomic mass is 32.2. The fraction of sp³-hybridized carbons (Fsp3) is 0.211. The molecule has 1 aliphatic heterocycles. The van der Waals surface area contributed by atoms with Crippen LogP contribution in [0.3, 0.4) is 0 Å². The third-order valence-electron chi connectivity index (χ3n) is 3.97. The molecule has 0 fully saturated rings. The quantitative estimate of drug-likeness (QED) is 0.492. The van der Waals surface area contributed by atoms with E-state index in [0.29, 0.717) is 23.2 Å². The van der Waals surface area contributed by atoms with Gasteiger partial charge in [0.05, 0.1) is 11.1 Å². The molecule has 128 valence electrons. The van der Waals surface area contributed by atoms with Crippen LogP contribution in [0.1, 0.15) is 37.5 Å². The summed E-state index contributed by atoms with van der Waals surface area (Å²) >= 11 is 1.75. The smallest absolute Gasteiger partial charge is 0.261 e. The Morgan fingerprint density at radius 1 is 1.04 bits per heavy atom. The average Bonchev–Trinajstić information content (AvgIpc) is 2.86. The Bertz CT molecular complexity index is 821. The van der Waals surface area contributed by atoms with E-state index in [4.69, 9.17) is 0 Å². The zero-order chi connectivity index (χ0) is 17.8. The van der Waals surface area contributed by atoms with Gasteiger partial charge in [-0.1, -0.05) is 18.2 Å². The molecule has 2 aromatic rings. The molecule has 3 amide bonds. The topological polar surface area (TPSA) is 66.5 Å². The van der Waals surface area contributed by atoms with Gasteiger partial charge in [0.15, 0.2) is 0 Å². The number of benzene rings is 2. The molecular formula is C19H18N2O3S. The summed E-state index contributed by atoms with van der Waals surface area (Å²) in [4.78, 5) is 38.3. The zero-order valence-corrected chi connectivity index (χ0v) is 14.6. The molecule has 1 aliphatic rings. The summed E-state index contributed by atoms with van der Waals surface area (Å²) in [6.07, 6.45) is 0.844. The van der Waals surface area contributed by atoms with Crippen molar-refractivity contribution in [1.29, 1.82) is 0 Å². The SMILES string of the molecule is CN1C(=O)c2ccc(C(=O)NCCCSc3ccccc3)cc2C1=O. The van der Waals surface area contributed by atoms with Gasteiger partial charge in [0.1, 0.15) is 0 Å². The van der Waals surface area contributed by atoms with Crippen molar-refractivity contribution in [2.45, 2.75) is 11.3 Å². The van der Waals surface area contributed by atoms with Crippen molar-refractivity contribution in [2.75, 3.05) is 19.3 Å². The van der Waals surface area contributed by atoms with E-state index in [1.54, 1.807) is 23.9 Å². The van der Waals surface area contributed by atoms with Crippen LogP contribution >= 0.6 is 11.8 Å². The maximum absolute atomic E-state index is 12.2. The average molecular weight is 354 g/mol. The van der Waals surface area contributed by atoms with Crippen LogP contribution in [-0.4, -0.2) is 42.0 Å². The molecule has 5 nitrogen and oxygen atoms in total. The highest BCUT2D eigenvalue weighted by Gasteiger charge is 2.33. The van der Waals surface area contributed by atoms with E-state index in [1.165, 1.54) is 18.0 Å². The third-order valence-corrected chi connectivity index (χ3v) is 5.07. The minimum atomic E-state index is -0.367. The van der Waals surface area contributed by atoms with Gasteiger partial charge >= 0.3 is 0 Å². The van der Waals surface area contributed by atoms with Crippen molar-refractivity contribution in [3.8, 4) is 0 Å². The molecule has 0 saturated carbocycles. The van der Waals surface area contributed by atoms with Crippen molar-refractivity contribution in [3.63, 3.8) is 0 Å². The summed E-state index contributed by atoms with van der Waals surface area (Å²) in [6, 6.07) is 14.7. The van der Waals surface area contributed by atoms with Crippen molar-refractivity contribution in [1.82, 2.24) is 10.2 Å². The lowest BCUT2D eigenvalue weighted by atomic mass is 10.1. The molecule has 0 bridgehead atoms. The maximum Gasteiger partial charge on any atom is 0.261 e. The van der Waals surface area contributed by atoms with E-state index >= 15 is 0 Å². The van der Waals surface area contributed by atoms with Crippen LogP contribution in [0.25, 0.3) is 0 Å². The molecule has 0 saturated heterocycles. The van der Waals surface area contributed by atoms with Gasteiger partial charge < -0.3 is 5.32 Å². The Labute approximate surface area is 150 Å². The van der Waals surface area contributed by atoms with Crippen molar-refractivity contribution >= 4 is 29.5 Å². The van der Waals surface area contributed by atoms with Gasteiger partial charge in [-0.2, -0.15) is 0 Å². The van der Waals surface area contributed by atoms with E-state index in [-0.39, 0.29) is 17.7 Å². The lowest BCUT2D eigenvalue weighted by Crippen LogP contribution is -2.25. The molecule has 1 heterocycles. The van der Waals surface area contributed by atoms with Gasteiger partial charge in [-0.3, -0.25) is 19.3 Å². The number of imide groups is 1. The summed E-state index contributed by atoms with van der Waals surface area (Å²) < 4.78 is 0. The first-order chi connectivity index (χ1) is 12.1. The monoisotopic (exact) mass is 354 g/mol. The van der Waals surface area contributed by atoms with Crippen LogP contribution in [0.2, 0.25) is 0 Å².